The van der Waals surface area contributed by atoms with Crippen LogP contribution in [0.4, 0.5) is 4.79 Å². The van der Waals surface area contributed by atoms with Crippen LogP contribution in [-0.2, 0) is 14.4 Å². The Labute approximate surface area is 296 Å². The largest absolute Gasteiger partial charge is 0.497 e. The summed E-state index contributed by atoms with van der Waals surface area (Å²) in [6.45, 7) is 9.71. The summed E-state index contributed by atoms with van der Waals surface area (Å²) >= 11 is 0. The van der Waals surface area contributed by atoms with E-state index in [-0.39, 0.29) is 31.8 Å². The highest BCUT2D eigenvalue weighted by molar-refractivity contribution is 5.96. The van der Waals surface area contributed by atoms with Crippen molar-refractivity contribution in [2.45, 2.75) is 69.9 Å². The van der Waals surface area contributed by atoms with Crippen molar-refractivity contribution in [1.29, 1.82) is 0 Å². The molecule has 0 radical (unpaired) electrons. The third-order valence-corrected chi connectivity index (χ3v) is 10.1. The third-order valence-electron chi connectivity index (χ3n) is 10.1. The van der Waals surface area contributed by atoms with E-state index in [1.807, 2.05) is 63.2 Å². The highest BCUT2D eigenvalue weighted by Crippen LogP contribution is 2.45. The van der Waals surface area contributed by atoms with Crippen LogP contribution in [0.5, 0.6) is 11.5 Å². The number of aliphatic carboxylic acids is 1. The number of β-amino-alcohol motifs (C(OH)–C–C–N with tert-alkyl or cyclic N) is 1. The monoisotopic (exact) mass is 699 g/mol. The predicted octanol–water partition coefficient (Wildman–Crippen LogP) is 3.60. The number of nitrogens with one attached hydrogen (secondary N) is 2. The maximum Gasteiger partial charge on any atom is 0.330 e. The van der Waals surface area contributed by atoms with Crippen LogP contribution in [0.15, 0.2) is 67.3 Å². The number of methoxy groups -OCH3 is 1. The van der Waals surface area contributed by atoms with Crippen molar-refractivity contribution in [3.05, 3.63) is 67.3 Å². The van der Waals surface area contributed by atoms with Gasteiger partial charge in [0.25, 0.3) is 0 Å². The smallest absolute Gasteiger partial charge is 0.330 e. The molecule has 3 aromatic rings. The van der Waals surface area contributed by atoms with Crippen molar-refractivity contribution in [2.75, 3.05) is 26.7 Å². The molecular formula is C38H45N5O8. The van der Waals surface area contributed by atoms with Crippen molar-refractivity contribution in [3.63, 3.8) is 0 Å². The van der Waals surface area contributed by atoms with E-state index in [0.717, 1.165) is 5.56 Å². The Hall–Kier alpha value is -5.17. The summed E-state index contributed by atoms with van der Waals surface area (Å²) in [4.78, 5) is 61.7. The zero-order valence-electron chi connectivity index (χ0n) is 29.3. The molecule has 6 atom stereocenters. The molecule has 1 aliphatic carbocycles. The van der Waals surface area contributed by atoms with Crippen LogP contribution in [0.2, 0.25) is 0 Å². The minimum Gasteiger partial charge on any atom is -0.497 e. The minimum absolute atomic E-state index is 0.0248. The minimum atomic E-state index is -1.51. The summed E-state index contributed by atoms with van der Waals surface area (Å²) in [5.41, 5.74) is -0.0823. The van der Waals surface area contributed by atoms with E-state index in [1.54, 1.807) is 19.2 Å². The molecule has 2 aromatic carbocycles. The number of aliphatic hydroxyl groups excluding tert-OH is 1. The van der Waals surface area contributed by atoms with Crippen LogP contribution in [0, 0.1) is 11.3 Å². The molecule has 51 heavy (non-hydrogen) atoms. The number of hydrogen-bond acceptors (Lipinski definition) is 8. The van der Waals surface area contributed by atoms with Gasteiger partial charge in [0.2, 0.25) is 11.8 Å². The summed E-state index contributed by atoms with van der Waals surface area (Å²) in [5.74, 6) is -1.50. The number of likely N-dealkylation sites (tertiary alicyclic amines) is 2. The van der Waals surface area contributed by atoms with Crippen molar-refractivity contribution >= 4 is 34.7 Å². The molecule has 13 heteroatoms. The molecule has 270 valence electrons. The molecule has 2 saturated heterocycles. The first kappa shape index (κ1) is 35.6. The molecule has 1 aromatic heterocycles. The number of benzene rings is 2. The molecule has 4 amide bonds. The van der Waals surface area contributed by atoms with Gasteiger partial charge in [-0.15, -0.1) is 6.58 Å². The summed E-state index contributed by atoms with van der Waals surface area (Å²) in [7, 11) is 1.57. The molecule has 0 bridgehead atoms. The van der Waals surface area contributed by atoms with Crippen LogP contribution in [0.25, 0.3) is 22.2 Å². The lowest BCUT2D eigenvalue weighted by atomic mass is 9.86. The quantitative estimate of drug-likeness (QED) is 0.231. The van der Waals surface area contributed by atoms with Gasteiger partial charge in [-0.1, -0.05) is 57.2 Å². The van der Waals surface area contributed by atoms with E-state index in [1.165, 1.54) is 15.9 Å². The number of rotatable bonds is 10. The summed E-state index contributed by atoms with van der Waals surface area (Å²) in [6, 6.07) is 14.1. The maximum atomic E-state index is 14.2. The van der Waals surface area contributed by atoms with E-state index in [2.05, 4.69) is 17.2 Å². The Bertz CT molecular complexity index is 1840. The Morgan fingerprint density at radius 2 is 1.84 bits per heavy atom. The van der Waals surface area contributed by atoms with E-state index in [9.17, 15) is 29.4 Å². The van der Waals surface area contributed by atoms with Gasteiger partial charge in [0.15, 0.2) is 0 Å². The standard InChI is InChI=1S/C38H45N5O8/c1-6-23-19-38(23,35(47)48)41-33(45)30-17-26(21-43(30)36(49)40-32(37(2,3)4)34(46)42-15-14-24(44)20-42)51-31-18-28(22-10-8-7-9-11-22)39-29-16-25(50-5)12-13-27(29)31/h6-13,16,18,23-24,26,30,32,44H,1,14-15,17,19-21H2,2-5H3,(H,40,49)(H,41,45)(H,47,48)/t23-,24?,26-,30+,32?,38-/m1/s1. The van der Waals surface area contributed by atoms with Gasteiger partial charge in [0, 0.05) is 48.5 Å². The Kier molecular flexibility index (Phi) is 9.69. The molecule has 6 rings (SSSR count). The zero-order valence-corrected chi connectivity index (χ0v) is 29.3. The van der Waals surface area contributed by atoms with E-state index in [0.29, 0.717) is 41.1 Å². The molecule has 3 fully saturated rings. The van der Waals surface area contributed by atoms with Gasteiger partial charge in [0.05, 0.1) is 31.0 Å². The lowest BCUT2D eigenvalue weighted by Crippen LogP contribution is -2.59. The number of aliphatic hydroxyl groups is 1. The maximum absolute atomic E-state index is 14.2. The Morgan fingerprint density at radius 3 is 2.45 bits per heavy atom. The number of carbonyl (C=O) groups excluding carboxylic acids is 3. The summed E-state index contributed by atoms with van der Waals surface area (Å²) in [5, 5.41) is 26.4. The van der Waals surface area contributed by atoms with Crippen molar-refractivity contribution in [1.82, 2.24) is 25.4 Å². The van der Waals surface area contributed by atoms with E-state index >= 15 is 0 Å². The molecule has 1 saturated carbocycles. The average molecular weight is 700 g/mol. The van der Waals surface area contributed by atoms with Crippen LogP contribution in [-0.4, -0.2) is 105 Å². The third kappa shape index (κ3) is 7.21. The van der Waals surface area contributed by atoms with Gasteiger partial charge in [0.1, 0.15) is 35.2 Å². The fourth-order valence-electron chi connectivity index (χ4n) is 6.99. The SMILES string of the molecule is C=C[C@@H]1C[C@]1(NC(=O)[C@@H]1C[C@@H](Oc2cc(-c3ccccc3)nc3cc(OC)ccc23)CN1C(=O)NC(C(=O)N1CCC(O)C1)C(C)(C)C)C(=O)O. The highest BCUT2D eigenvalue weighted by atomic mass is 16.5. The molecular weight excluding hydrogens is 654 g/mol. The fourth-order valence-corrected chi connectivity index (χ4v) is 6.99. The molecule has 3 heterocycles. The number of aromatic nitrogens is 1. The number of carbonyl (C=O) groups is 4. The molecule has 3 aliphatic rings. The van der Waals surface area contributed by atoms with Crippen LogP contribution in [0.1, 0.15) is 40.0 Å². The lowest BCUT2D eigenvalue weighted by Gasteiger charge is -2.35. The van der Waals surface area contributed by atoms with Crippen molar-refractivity contribution in [2.24, 2.45) is 11.3 Å². The second-order valence-electron chi connectivity index (χ2n) is 14.7. The number of carboxylic acid groups (broad SMARTS) is 1. The normalized spacial score (nSPS) is 24.9. The van der Waals surface area contributed by atoms with E-state index in [4.69, 9.17) is 14.5 Å². The lowest BCUT2D eigenvalue weighted by molar-refractivity contribution is -0.144. The molecule has 0 spiro atoms. The summed E-state index contributed by atoms with van der Waals surface area (Å²) in [6.07, 6.45) is 0.876. The molecule has 2 aliphatic heterocycles. The zero-order chi connectivity index (χ0) is 36.7. The topological polar surface area (TPSA) is 171 Å². The van der Waals surface area contributed by atoms with Gasteiger partial charge >= 0.3 is 12.0 Å². The molecule has 4 N–H and O–H groups in total. The number of amides is 4. The van der Waals surface area contributed by atoms with Gasteiger partial charge in [-0.25, -0.2) is 14.6 Å². The van der Waals surface area contributed by atoms with Gasteiger partial charge < -0.3 is 40.1 Å². The predicted molar refractivity (Wildman–Crippen MR) is 189 cm³/mol. The van der Waals surface area contributed by atoms with Gasteiger partial charge in [-0.2, -0.15) is 0 Å². The van der Waals surface area contributed by atoms with Crippen LogP contribution >= 0.6 is 0 Å². The number of carboxylic acids is 1. The average Bonchev–Trinajstić information content (AvgIpc) is 3.39. The molecule has 13 nitrogen and oxygen atoms in total. The first-order valence-electron chi connectivity index (χ1n) is 17.2. The van der Waals surface area contributed by atoms with Crippen LogP contribution in [0.3, 0.4) is 0 Å². The van der Waals surface area contributed by atoms with Crippen molar-refractivity contribution in [3.8, 4) is 22.8 Å². The second kappa shape index (κ2) is 13.9. The van der Waals surface area contributed by atoms with E-state index < -0.39 is 59.1 Å². The second-order valence-corrected chi connectivity index (χ2v) is 14.7. The number of ether oxygens (including phenoxy) is 2. The fraction of sp³-hybridized carbons (Fsp3) is 0.447. The number of urea groups is 1. The summed E-state index contributed by atoms with van der Waals surface area (Å²) < 4.78 is 12.1. The highest BCUT2D eigenvalue weighted by Gasteiger charge is 2.61. The molecule has 2 unspecified atom stereocenters. The van der Waals surface area contributed by atoms with Crippen molar-refractivity contribution < 1.29 is 38.9 Å². The first-order chi connectivity index (χ1) is 24.2. The number of pyridine rings is 1. The Morgan fingerprint density at radius 1 is 1.10 bits per heavy atom. The number of fused-ring (bicyclic) bond motifs is 1. The first-order valence-corrected chi connectivity index (χ1v) is 17.2. The van der Waals surface area contributed by atoms with Gasteiger partial charge in [-0.3, -0.25) is 9.59 Å². The van der Waals surface area contributed by atoms with Crippen LogP contribution < -0.4 is 20.1 Å². The number of nitrogens with zero attached hydrogens (tertiary/aromatic N) is 3. The number of hydrogen-bond donors (Lipinski definition) is 4. The van der Waals surface area contributed by atoms with Gasteiger partial charge in [-0.05, 0) is 30.4 Å². The Balaban J connectivity index is 1.32.